The summed E-state index contributed by atoms with van der Waals surface area (Å²) < 4.78 is 0. The molecule has 0 bridgehead atoms. The Hall–Kier alpha value is -1.28. The van der Waals surface area contributed by atoms with Crippen molar-refractivity contribution in [3.8, 4) is 0 Å². The van der Waals surface area contributed by atoms with Gasteiger partial charge in [-0.05, 0) is 18.1 Å². The van der Waals surface area contributed by atoms with Gasteiger partial charge in [-0.1, -0.05) is 35.9 Å². The van der Waals surface area contributed by atoms with Gasteiger partial charge in [0.15, 0.2) is 0 Å². The minimum Gasteiger partial charge on any atom is -0.332 e. The van der Waals surface area contributed by atoms with Crippen LogP contribution >= 0.6 is 11.6 Å². The summed E-state index contributed by atoms with van der Waals surface area (Å²) in [4.78, 5) is 13.5. The van der Waals surface area contributed by atoms with E-state index in [4.69, 9.17) is 11.6 Å². The van der Waals surface area contributed by atoms with Gasteiger partial charge in [0.25, 0.3) is 0 Å². The van der Waals surface area contributed by atoms with Gasteiger partial charge in [-0.25, -0.2) is 0 Å². The number of likely N-dealkylation sites (tertiary alicyclic amines) is 1. The van der Waals surface area contributed by atoms with E-state index in [0.29, 0.717) is 18.0 Å². The lowest BCUT2D eigenvalue weighted by atomic mass is 10.2. The predicted molar refractivity (Wildman–Crippen MR) is 65.2 cm³/mol. The van der Waals surface area contributed by atoms with Crippen molar-refractivity contribution in [1.82, 2.24) is 4.90 Å². The van der Waals surface area contributed by atoms with Gasteiger partial charge in [0.2, 0.25) is 5.91 Å². The first kappa shape index (κ1) is 11.2. The fraction of sp³-hybridized carbons (Fsp3) is 0.308. The molecule has 2 rings (SSSR count). The van der Waals surface area contributed by atoms with Crippen LogP contribution in [0.25, 0.3) is 0 Å². The summed E-state index contributed by atoms with van der Waals surface area (Å²) in [5.41, 5.74) is 0.992. The lowest BCUT2D eigenvalue weighted by molar-refractivity contribution is -0.129. The first-order chi connectivity index (χ1) is 7.72. The summed E-state index contributed by atoms with van der Waals surface area (Å²) in [5.74, 6) is 0.185. The minimum absolute atomic E-state index is 0.156. The van der Waals surface area contributed by atoms with E-state index in [1.807, 2.05) is 35.2 Å². The SMILES string of the molecule is C=C[C@H]1CCC(=O)N1Cc1ccccc1Cl. The van der Waals surface area contributed by atoms with Crippen LogP contribution in [0.5, 0.6) is 0 Å². The average Bonchev–Trinajstić information content (AvgIpc) is 2.63. The number of rotatable bonds is 3. The van der Waals surface area contributed by atoms with E-state index in [2.05, 4.69) is 6.58 Å². The molecule has 3 heteroatoms. The molecule has 0 saturated carbocycles. The maximum atomic E-state index is 11.7. The molecule has 1 aromatic carbocycles. The van der Waals surface area contributed by atoms with Gasteiger partial charge in [-0.2, -0.15) is 0 Å². The molecule has 0 aliphatic carbocycles. The van der Waals surface area contributed by atoms with E-state index in [-0.39, 0.29) is 11.9 Å². The Morgan fingerprint density at radius 1 is 1.50 bits per heavy atom. The highest BCUT2D eigenvalue weighted by Gasteiger charge is 2.28. The Labute approximate surface area is 101 Å². The van der Waals surface area contributed by atoms with Gasteiger partial charge in [-0.15, -0.1) is 6.58 Å². The smallest absolute Gasteiger partial charge is 0.223 e. The van der Waals surface area contributed by atoms with Gasteiger partial charge < -0.3 is 4.90 Å². The molecule has 0 radical (unpaired) electrons. The molecule has 1 saturated heterocycles. The normalized spacial score (nSPS) is 20.2. The number of carbonyl (C=O) groups excluding carboxylic acids is 1. The summed E-state index contributed by atoms with van der Waals surface area (Å²) in [7, 11) is 0. The molecule has 84 valence electrons. The monoisotopic (exact) mass is 235 g/mol. The first-order valence-electron chi connectivity index (χ1n) is 5.38. The molecule has 1 aliphatic heterocycles. The molecular weight excluding hydrogens is 222 g/mol. The molecule has 0 aromatic heterocycles. The molecule has 0 unspecified atom stereocenters. The molecule has 0 N–H and O–H groups in total. The molecule has 16 heavy (non-hydrogen) atoms. The van der Waals surface area contributed by atoms with Crippen molar-refractivity contribution in [2.75, 3.05) is 0 Å². The van der Waals surface area contributed by atoms with E-state index in [9.17, 15) is 4.79 Å². The van der Waals surface area contributed by atoms with Gasteiger partial charge in [-0.3, -0.25) is 4.79 Å². The molecule has 2 nitrogen and oxygen atoms in total. The lowest BCUT2D eigenvalue weighted by Crippen LogP contribution is -2.31. The second-order valence-electron chi connectivity index (χ2n) is 3.95. The molecule has 1 fully saturated rings. The standard InChI is InChI=1S/C13H14ClNO/c1-2-11-7-8-13(16)15(11)9-10-5-3-4-6-12(10)14/h2-6,11H,1,7-9H2/t11-/m0/s1. The Bertz CT molecular complexity index is 416. The van der Waals surface area contributed by atoms with Crippen molar-refractivity contribution in [2.24, 2.45) is 0 Å². The molecule has 1 aromatic rings. The van der Waals surface area contributed by atoms with E-state index >= 15 is 0 Å². The van der Waals surface area contributed by atoms with Crippen LogP contribution in [0.3, 0.4) is 0 Å². The van der Waals surface area contributed by atoms with Crippen molar-refractivity contribution in [1.29, 1.82) is 0 Å². The van der Waals surface area contributed by atoms with Gasteiger partial charge in [0, 0.05) is 18.0 Å². The van der Waals surface area contributed by atoms with Crippen molar-refractivity contribution in [2.45, 2.75) is 25.4 Å². The van der Waals surface area contributed by atoms with Crippen LogP contribution in [-0.4, -0.2) is 16.8 Å². The van der Waals surface area contributed by atoms with E-state index < -0.39 is 0 Å². The van der Waals surface area contributed by atoms with Crippen molar-refractivity contribution in [3.63, 3.8) is 0 Å². The van der Waals surface area contributed by atoms with Crippen LogP contribution in [0.2, 0.25) is 5.02 Å². The van der Waals surface area contributed by atoms with Crippen LogP contribution in [-0.2, 0) is 11.3 Å². The number of carbonyl (C=O) groups is 1. The first-order valence-corrected chi connectivity index (χ1v) is 5.75. The van der Waals surface area contributed by atoms with Gasteiger partial charge in [0.05, 0.1) is 6.04 Å². The zero-order chi connectivity index (χ0) is 11.5. The minimum atomic E-state index is 0.156. The highest BCUT2D eigenvalue weighted by Crippen LogP contribution is 2.24. The maximum Gasteiger partial charge on any atom is 0.223 e. The fourth-order valence-corrected chi connectivity index (χ4v) is 2.21. The third kappa shape index (κ3) is 2.12. The number of halogens is 1. The zero-order valence-corrected chi connectivity index (χ0v) is 9.78. The average molecular weight is 236 g/mol. The number of benzene rings is 1. The molecule has 1 atom stereocenters. The molecule has 1 aliphatic rings. The van der Waals surface area contributed by atoms with Gasteiger partial charge in [0.1, 0.15) is 0 Å². The Morgan fingerprint density at radius 3 is 2.94 bits per heavy atom. The Kier molecular flexibility index (Phi) is 3.30. The van der Waals surface area contributed by atoms with Crippen molar-refractivity contribution in [3.05, 3.63) is 47.5 Å². The molecule has 1 heterocycles. The number of hydrogen-bond donors (Lipinski definition) is 0. The number of nitrogens with zero attached hydrogens (tertiary/aromatic N) is 1. The summed E-state index contributed by atoms with van der Waals surface area (Å²) >= 11 is 6.08. The van der Waals surface area contributed by atoms with E-state index in [0.717, 1.165) is 12.0 Å². The predicted octanol–water partition coefficient (Wildman–Crippen LogP) is 3.02. The highest BCUT2D eigenvalue weighted by molar-refractivity contribution is 6.31. The number of amides is 1. The van der Waals surface area contributed by atoms with Crippen molar-refractivity contribution < 1.29 is 4.79 Å². The van der Waals surface area contributed by atoms with E-state index in [1.165, 1.54) is 0 Å². The zero-order valence-electron chi connectivity index (χ0n) is 9.03. The lowest BCUT2D eigenvalue weighted by Gasteiger charge is -2.22. The maximum absolute atomic E-state index is 11.7. The summed E-state index contributed by atoms with van der Waals surface area (Å²) in [6.07, 6.45) is 3.32. The summed E-state index contributed by atoms with van der Waals surface area (Å²) in [6.45, 7) is 4.34. The number of hydrogen-bond acceptors (Lipinski definition) is 1. The molecule has 0 spiro atoms. The third-order valence-corrected chi connectivity index (χ3v) is 3.31. The summed E-state index contributed by atoms with van der Waals surface area (Å²) in [6, 6.07) is 7.78. The van der Waals surface area contributed by atoms with Crippen LogP contribution in [0.4, 0.5) is 0 Å². The largest absolute Gasteiger partial charge is 0.332 e. The fourth-order valence-electron chi connectivity index (χ4n) is 2.02. The van der Waals surface area contributed by atoms with E-state index in [1.54, 1.807) is 0 Å². The molecular formula is C13H14ClNO. The van der Waals surface area contributed by atoms with Crippen LogP contribution in [0.15, 0.2) is 36.9 Å². The van der Waals surface area contributed by atoms with Crippen LogP contribution in [0.1, 0.15) is 18.4 Å². The van der Waals surface area contributed by atoms with Gasteiger partial charge >= 0.3 is 0 Å². The second-order valence-corrected chi connectivity index (χ2v) is 4.36. The topological polar surface area (TPSA) is 20.3 Å². The third-order valence-electron chi connectivity index (χ3n) is 2.95. The Balaban J connectivity index is 2.17. The quantitative estimate of drug-likeness (QED) is 0.738. The van der Waals surface area contributed by atoms with Crippen molar-refractivity contribution >= 4 is 17.5 Å². The van der Waals surface area contributed by atoms with Crippen LogP contribution < -0.4 is 0 Å². The summed E-state index contributed by atoms with van der Waals surface area (Å²) in [5, 5.41) is 0.713. The van der Waals surface area contributed by atoms with Crippen LogP contribution in [0, 0.1) is 0 Å². The molecule has 1 amide bonds. The second kappa shape index (κ2) is 4.71. The Morgan fingerprint density at radius 2 is 2.25 bits per heavy atom. The highest BCUT2D eigenvalue weighted by atomic mass is 35.5.